The maximum atomic E-state index is 13.0. The zero-order chi connectivity index (χ0) is 20.4. The zero-order valence-electron chi connectivity index (χ0n) is 16.0. The van der Waals surface area contributed by atoms with E-state index in [-0.39, 0.29) is 23.8 Å². The maximum Gasteiger partial charge on any atom is 0.273 e. The number of carbonyl (C=O) groups excluding carboxylic acids is 1. The first-order valence-electron chi connectivity index (χ1n) is 9.42. The summed E-state index contributed by atoms with van der Waals surface area (Å²) in [6.07, 6.45) is 1.34. The lowest BCUT2D eigenvalue weighted by Gasteiger charge is -2.33. The summed E-state index contributed by atoms with van der Waals surface area (Å²) in [7, 11) is 0. The predicted octanol–water partition coefficient (Wildman–Crippen LogP) is 1.77. The summed E-state index contributed by atoms with van der Waals surface area (Å²) in [5, 5.41) is 3.43. The molecule has 1 N–H and O–H groups in total. The lowest BCUT2D eigenvalue weighted by molar-refractivity contribution is -0.116. The monoisotopic (exact) mass is 416 g/mol. The molecular weight excluding hydrogens is 395 g/mol. The molecule has 3 aromatic rings. The lowest BCUT2D eigenvalue weighted by atomic mass is 10.3. The molecule has 1 fully saturated rings. The van der Waals surface area contributed by atoms with Gasteiger partial charge in [-0.15, -0.1) is 0 Å². The molecule has 1 amide bonds. The van der Waals surface area contributed by atoms with E-state index >= 15 is 0 Å². The third-order valence-electron chi connectivity index (χ3n) is 4.90. The molecule has 0 atom stereocenters. The standard InChI is InChI=1S/C19H21FN6O2S/c1-2-24-7-9-25(10-8-24)19-23-17-16(29-19)18(28)26(12-21-17)11-15(27)22-14-5-3-13(20)4-6-14/h3-6,12H,2,7-11H2,1H3,(H,22,27). The third kappa shape index (κ3) is 4.28. The summed E-state index contributed by atoms with van der Waals surface area (Å²) in [5.74, 6) is -0.772. The second kappa shape index (κ2) is 8.26. The highest BCUT2D eigenvalue weighted by Gasteiger charge is 2.20. The fourth-order valence-electron chi connectivity index (χ4n) is 3.23. The van der Waals surface area contributed by atoms with Crippen molar-refractivity contribution in [1.82, 2.24) is 19.4 Å². The Hall–Kier alpha value is -2.85. The van der Waals surface area contributed by atoms with Crippen molar-refractivity contribution in [1.29, 1.82) is 0 Å². The minimum absolute atomic E-state index is 0.179. The number of thiazole rings is 1. The van der Waals surface area contributed by atoms with Gasteiger partial charge in [0.05, 0.1) is 0 Å². The smallest absolute Gasteiger partial charge is 0.273 e. The second-order valence-corrected chi connectivity index (χ2v) is 7.78. The Kier molecular flexibility index (Phi) is 5.54. The third-order valence-corrected chi connectivity index (χ3v) is 6.00. The number of aromatic nitrogens is 3. The molecular formula is C19H21FN6O2S. The highest BCUT2D eigenvalue weighted by molar-refractivity contribution is 7.22. The Labute approximate surface area is 170 Å². The Balaban J connectivity index is 1.49. The molecule has 10 heteroatoms. The Bertz CT molecular complexity index is 1070. The van der Waals surface area contributed by atoms with Crippen LogP contribution in [0.15, 0.2) is 35.4 Å². The number of piperazine rings is 1. The molecule has 1 aromatic carbocycles. The van der Waals surface area contributed by atoms with Crippen LogP contribution < -0.4 is 15.8 Å². The van der Waals surface area contributed by atoms with Crippen LogP contribution in [0.4, 0.5) is 15.2 Å². The summed E-state index contributed by atoms with van der Waals surface area (Å²) in [5.41, 5.74) is 0.577. The number of hydrogen-bond donors (Lipinski definition) is 1. The molecule has 8 nitrogen and oxygen atoms in total. The normalized spacial score (nSPS) is 15.0. The SMILES string of the molecule is CCN1CCN(c2nc3ncn(CC(=O)Nc4ccc(F)cc4)c(=O)c3s2)CC1. The molecule has 152 valence electrons. The molecule has 1 aliphatic rings. The molecule has 1 aliphatic heterocycles. The number of carbonyl (C=O) groups is 1. The predicted molar refractivity (Wildman–Crippen MR) is 111 cm³/mol. The molecule has 2 aromatic heterocycles. The van der Waals surface area contributed by atoms with Crippen LogP contribution in [0.25, 0.3) is 10.3 Å². The van der Waals surface area contributed by atoms with Crippen molar-refractivity contribution >= 4 is 38.4 Å². The first kappa shape index (κ1) is 19.5. The fraction of sp³-hybridized carbons (Fsp3) is 0.368. The number of benzene rings is 1. The van der Waals surface area contributed by atoms with Crippen LogP contribution in [-0.2, 0) is 11.3 Å². The average Bonchev–Trinajstić information content (AvgIpc) is 3.17. The molecule has 0 unspecified atom stereocenters. The van der Waals surface area contributed by atoms with Crippen molar-refractivity contribution in [3.8, 4) is 0 Å². The maximum absolute atomic E-state index is 13.0. The number of likely N-dealkylation sites (N-methyl/N-ethyl adjacent to an activating group) is 1. The molecule has 0 radical (unpaired) electrons. The van der Waals surface area contributed by atoms with Crippen molar-refractivity contribution in [2.75, 3.05) is 42.9 Å². The molecule has 29 heavy (non-hydrogen) atoms. The van der Waals surface area contributed by atoms with Crippen LogP contribution in [-0.4, -0.2) is 58.1 Å². The van der Waals surface area contributed by atoms with E-state index in [1.165, 1.54) is 46.5 Å². The van der Waals surface area contributed by atoms with Gasteiger partial charge in [-0.2, -0.15) is 4.98 Å². The summed E-state index contributed by atoms with van der Waals surface area (Å²) in [6.45, 7) is 6.65. The lowest BCUT2D eigenvalue weighted by Crippen LogP contribution is -2.46. The molecule has 0 aliphatic carbocycles. The largest absolute Gasteiger partial charge is 0.345 e. The molecule has 4 rings (SSSR count). The first-order chi connectivity index (χ1) is 14.0. The van der Waals surface area contributed by atoms with Crippen molar-refractivity contribution in [3.05, 3.63) is 46.8 Å². The van der Waals surface area contributed by atoms with Crippen LogP contribution in [0.1, 0.15) is 6.92 Å². The van der Waals surface area contributed by atoms with Crippen molar-refractivity contribution in [2.24, 2.45) is 0 Å². The number of hydrogen-bond acceptors (Lipinski definition) is 7. The number of halogens is 1. The van der Waals surface area contributed by atoms with Gasteiger partial charge in [0, 0.05) is 31.9 Å². The molecule has 3 heterocycles. The van der Waals surface area contributed by atoms with Gasteiger partial charge in [-0.05, 0) is 30.8 Å². The van der Waals surface area contributed by atoms with Crippen molar-refractivity contribution in [2.45, 2.75) is 13.5 Å². The van der Waals surface area contributed by atoms with Gasteiger partial charge in [0.15, 0.2) is 10.8 Å². The van der Waals surface area contributed by atoms with Crippen LogP contribution in [0.5, 0.6) is 0 Å². The van der Waals surface area contributed by atoms with Crippen LogP contribution in [0.2, 0.25) is 0 Å². The van der Waals surface area contributed by atoms with E-state index in [2.05, 4.69) is 32.0 Å². The van der Waals surface area contributed by atoms with Crippen molar-refractivity contribution < 1.29 is 9.18 Å². The zero-order valence-corrected chi connectivity index (χ0v) is 16.8. The minimum atomic E-state index is -0.389. The van der Waals surface area contributed by atoms with Gasteiger partial charge in [0.2, 0.25) is 5.91 Å². The number of fused-ring (bicyclic) bond motifs is 1. The van der Waals surface area contributed by atoms with E-state index in [1.807, 2.05) is 0 Å². The van der Waals surface area contributed by atoms with Gasteiger partial charge in [-0.3, -0.25) is 14.2 Å². The van der Waals surface area contributed by atoms with E-state index in [9.17, 15) is 14.0 Å². The van der Waals surface area contributed by atoms with Gasteiger partial charge < -0.3 is 15.1 Å². The highest BCUT2D eigenvalue weighted by atomic mass is 32.1. The van der Waals surface area contributed by atoms with Gasteiger partial charge in [-0.25, -0.2) is 9.37 Å². The van der Waals surface area contributed by atoms with Gasteiger partial charge in [-0.1, -0.05) is 18.3 Å². The van der Waals surface area contributed by atoms with E-state index in [1.54, 1.807) is 0 Å². The van der Waals surface area contributed by atoms with E-state index in [0.29, 0.717) is 16.0 Å². The topological polar surface area (TPSA) is 83.4 Å². The van der Waals surface area contributed by atoms with Crippen LogP contribution in [0, 0.1) is 5.82 Å². The Morgan fingerprint density at radius 3 is 2.62 bits per heavy atom. The quantitative estimate of drug-likeness (QED) is 0.683. The Morgan fingerprint density at radius 1 is 1.21 bits per heavy atom. The van der Waals surface area contributed by atoms with Crippen molar-refractivity contribution in [3.63, 3.8) is 0 Å². The van der Waals surface area contributed by atoms with Crippen LogP contribution >= 0.6 is 11.3 Å². The summed E-state index contributed by atoms with van der Waals surface area (Å²) in [6, 6.07) is 5.44. The van der Waals surface area contributed by atoms with E-state index in [4.69, 9.17) is 0 Å². The van der Waals surface area contributed by atoms with Gasteiger partial charge >= 0.3 is 0 Å². The number of nitrogens with zero attached hydrogens (tertiary/aromatic N) is 5. The van der Waals surface area contributed by atoms with Gasteiger partial charge in [0.25, 0.3) is 5.56 Å². The number of rotatable bonds is 5. The molecule has 0 saturated carbocycles. The first-order valence-corrected chi connectivity index (χ1v) is 10.2. The highest BCUT2D eigenvalue weighted by Crippen LogP contribution is 2.26. The molecule has 1 saturated heterocycles. The number of amides is 1. The molecule has 0 spiro atoms. The average molecular weight is 416 g/mol. The fourth-order valence-corrected chi connectivity index (χ4v) is 4.25. The summed E-state index contributed by atoms with van der Waals surface area (Å²) in [4.78, 5) is 38.3. The number of nitrogens with one attached hydrogen (secondary N) is 1. The van der Waals surface area contributed by atoms with E-state index < -0.39 is 0 Å². The van der Waals surface area contributed by atoms with Gasteiger partial charge in [0.1, 0.15) is 23.4 Å². The summed E-state index contributed by atoms with van der Waals surface area (Å²) >= 11 is 1.31. The van der Waals surface area contributed by atoms with Crippen LogP contribution in [0.3, 0.4) is 0 Å². The summed E-state index contributed by atoms with van der Waals surface area (Å²) < 4.78 is 14.7. The molecule has 0 bridgehead atoms. The Morgan fingerprint density at radius 2 is 1.93 bits per heavy atom. The minimum Gasteiger partial charge on any atom is -0.345 e. The number of anilines is 2. The van der Waals surface area contributed by atoms with E-state index in [0.717, 1.165) is 37.9 Å². The second-order valence-electron chi connectivity index (χ2n) is 6.80.